The normalized spacial score (nSPS) is 12.0. The fourth-order valence-corrected chi connectivity index (χ4v) is 3.14. The third-order valence-electron chi connectivity index (χ3n) is 5.89. The predicted octanol–water partition coefficient (Wildman–Crippen LogP) is 7.43. The first kappa shape index (κ1) is 34.9. The summed E-state index contributed by atoms with van der Waals surface area (Å²) in [4.78, 5) is 4.25. The molecule has 40 heavy (non-hydrogen) atoms. The van der Waals surface area contributed by atoms with Gasteiger partial charge in [0.1, 0.15) is 5.76 Å². The molecule has 4 heterocycles. The number of aromatic nitrogens is 7. The summed E-state index contributed by atoms with van der Waals surface area (Å²) in [7, 11) is 5.87. The lowest BCUT2D eigenvalue weighted by molar-refractivity contribution is 0.327. The second-order valence-electron chi connectivity index (χ2n) is 14.5. The van der Waals surface area contributed by atoms with Crippen molar-refractivity contribution in [2.24, 2.45) is 21.1 Å². The number of aryl methyl sites for hydroxylation is 4. The van der Waals surface area contributed by atoms with Crippen LogP contribution in [-0.2, 0) is 42.8 Å². The molecule has 0 unspecified atom stereocenters. The Hall–Kier alpha value is -3.16. The molecule has 4 aromatic rings. The van der Waals surface area contributed by atoms with E-state index in [1.165, 1.54) is 5.56 Å². The average molecular weight is 554 g/mol. The minimum Gasteiger partial charge on any atom is -0.361 e. The molecule has 224 valence electrons. The van der Waals surface area contributed by atoms with E-state index >= 15 is 0 Å². The van der Waals surface area contributed by atoms with Crippen LogP contribution < -0.4 is 0 Å². The van der Waals surface area contributed by atoms with Crippen LogP contribution >= 0.6 is 0 Å². The highest BCUT2D eigenvalue weighted by atomic mass is 16.5. The van der Waals surface area contributed by atoms with Crippen LogP contribution in [0.1, 0.15) is 111 Å². The SMILES string of the molecule is Cc1cc(C(C)(C)C)on1.Cn1cc(C(C)(C)C)cn1.Cn1ccc(C(C)(C)C)n1.Cn1cnc(C(C)(C)C)c1. The lowest BCUT2D eigenvalue weighted by Crippen LogP contribution is -2.12. The Kier molecular flexibility index (Phi) is 11.7. The number of nitrogens with zero attached hydrogens (tertiary/aromatic N) is 7. The first-order valence-corrected chi connectivity index (χ1v) is 13.9. The minimum absolute atomic E-state index is 0.0846. The summed E-state index contributed by atoms with van der Waals surface area (Å²) in [6, 6.07) is 4.03. The fourth-order valence-electron chi connectivity index (χ4n) is 3.14. The zero-order valence-electron chi connectivity index (χ0n) is 28.1. The van der Waals surface area contributed by atoms with Gasteiger partial charge in [0.25, 0.3) is 0 Å². The molecule has 0 aliphatic heterocycles. The van der Waals surface area contributed by atoms with E-state index in [0.29, 0.717) is 0 Å². The monoisotopic (exact) mass is 553 g/mol. The smallest absolute Gasteiger partial charge is 0.142 e. The average Bonchev–Trinajstić information content (AvgIpc) is 3.55. The van der Waals surface area contributed by atoms with Gasteiger partial charge in [-0.3, -0.25) is 9.36 Å². The molecule has 0 spiro atoms. The van der Waals surface area contributed by atoms with Gasteiger partial charge in [0, 0.05) is 62.0 Å². The Labute approximate surface area is 243 Å². The second-order valence-corrected chi connectivity index (χ2v) is 14.5. The van der Waals surface area contributed by atoms with E-state index in [-0.39, 0.29) is 21.7 Å². The van der Waals surface area contributed by atoms with E-state index in [4.69, 9.17) is 4.52 Å². The van der Waals surface area contributed by atoms with Crippen molar-refractivity contribution in [3.05, 3.63) is 71.7 Å². The molecule has 0 aliphatic carbocycles. The van der Waals surface area contributed by atoms with Crippen molar-refractivity contribution in [1.29, 1.82) is 0 Å². The van der Waals surface area contributed by atoms with Gasteiger partial charge in [-0.2, -0.15) is 10.2 Å². The van der Waals surface area contributed by atoms with E-state index in [1.807, 2.05) is 66.8 Å². The molecule has 0 bridgehead atoms. The van der Waals surface area contributed by atoms with Crippen molar-refractivity contribution in [3.63, 3.8) is 0 Å². The first-order valence-electron chi connectivity index (χ1n) is 13.9. The Morgan fingerprint density at radius 1 is 0.700 bits per heavy atom. The third-order valence-corrected chi connectivity index (χ3v) is 5.89. The molecule has 8 heteroatoms. The summed E-state index contributed by atoms with van der Waals surface area (Å²) in [6.45, 7) is 27.8. The van der Waals surface area contributed by atoms with Gasteiger partial charge in [0.2, 0.25) is 0 Å². The Morgan fingerprint density at radius 2 is 1.27 bits per heavy atom. The summed E-state index contributed by atoms with van der Waals surface area (Å²) in [5.74, 6) is 0.949. The van der Waals surface area contributed by atoms with Crippen molar-refractivity contribution in [2.45, 2.75) is 112 Å². The fraction of sp³-hybridized carbons (Fsp3) is 0.625. The summed E-state index contributed by atoms with van der Waals surface area (Å²) in [5.41, 5.74) is 5.21. The molecule has 4 rings (SSSR count). The van der Waals surface area contributed by atoms with Crippen molar-refractivity contribution in [1.82, 2.24) is 34.3 Å². The zero-order valence-corrected chi connectivity index (χ0v) is 28.1. The molecule has 0 aliphatic rings. The third kappa shape index (κ3) is 12.3. The molecular weight excluding hydrogens is 498 g/mol. The molecule has 0 N–H and O–H groups in total. The summed E-state index contributed by atoms with van der Waals surface area (Å²) < 4.78 is 10.7. The predicted molar refractivity (Wildman–Crippen MR) is 166 cm³/mol. The molecule has 0 radical (unpaired) electrons. The van der Waals surface area contributed by atoms with Crippen LogP contribution in [0.4, 0.5) is 0 Å². The topological polar surface area (TPSA) is 79.5 Å². The standard InChI is InChI=1S/3C8H14N2.C8H13NO/c1-8(2,3)7-5-10(4)6-9-7;1-8(2,3)7-5-9-10(4)6-7;1-8(2,3)7-5-6-10(4)9-7;1-6-5-7(10-9-6)8(2,3)4/h3*5-6H,1-4H3;5H,1-4H3. The Bertz CT molecular complexity index is 1070. The van der Waals surface area contributed by atoms with Crippen LogP contribution in [0.5, 0.6) is 0 Å². The maximum atomic E-state index is 5.08. The van der Waals surface area contributed by atoms with Crippen molar-refractivity contribution < 1.29 is 4.52 Å². The zero-order chi connectivity index (χ0) is 31.1. The van der Waals surface area contributed by atoms with Crippen molar-refractivity contribution in [2.75, 3.05) is 0 Å². The maximum absolute atomic E-state index is 5.08. The lowest BCUT2D eigenvalue weighted by Gasteiger charge is -2.14. The molecule has 0 saturated heterocycles. The molecular formula is C32H55N7O. The quantitative estimate of drug-likeness (QED) is 0.226. The first-order chi connectivity index (χ1) is 18.0. The van der Waals surface area contributed by atoms with Crippen molar-refractivity contribution in [3.8, 4) is 0 Å². The van der Waals surface area contributed by atoms with Crippen LogP contribution in [0.15, 0.2) is 47.8 Å². The lowest BCUT2D eigenvalue weighted by atomic mass is 9.90. The summed E-state index contributed by atoms with van der Waals surface area (Å²) in [5, 5.41) is 12.2. The summed E-state index contributed by atoms with van der Waals surface area (Å²) >= 11 is 0. The van der Waals surface area contributed by atoms with Gasteiger partial charge < -0.3 is 9.09 Å². The highest BCUT2D eigenvalue weighted by Gasteiger charge is 2.18. The molecule has 8 nitrogen and oxygen atoms in total. The van der Waals surface area contributed by atoms with E-state index in [1.54, 1.807) is 0 Å². The molecule has 0 amide bonds. The van der Waals surface area contributed by atoms with E-state index in [9.17, 15) is 0 Å². The van der Waals surface area contributed by atoms with Crippen molar-refractivity contribution >= 4 is 0 Å². The van der Waals surface area contributed by atoms with E-state index in [0.717, 1.165) is 22.8 Å². The number of rotatable bonds is 0. The Balaban J connectivity index is 0.000000267. The second kappa shape index (κ2) is 13.5. The van der Waals surface area contributed by atoms with Crippen LogP contribution in [0, 0.1) is 6.92 Å². The van der Waals surface area contributed by atoms with Gasteiger partial charge in [0.05, 0.1) is 29.6 Å². The van der Waals surface area contributed by atoms with Crippen LogP contribution in [0.25, 0.3) is 0 Å². The van der Waals surface area contributed by atoms with Gasteiger partial charge in [-0.15, -0.1) is 0 Å². The molecule has 4 aromatic heterocycles. The van der Waals surface area contributed by atoms with Gasteiger partial charge in [0.15, 0.2) is 0 Å². The largest absolute Gasteiger partial charge is 0.361 e. The summed E-state index contributed by atoms with van der Waals surface area (Å²) in [6.07, 6.45) is 9.83. The van der Waals surface area contributed by atoms with Crippen LogP contribution in [0.2, 0.25) is 0 Å². The molecule has 0 fully saturated rings. The van der Waals surface area contributed by atoms with Gasteiger partial charge in [-0.05, 0) is 24.0 Å². The Morgan fingerprint density at radius 3 is 1.48 bits per heavy atom. The molecule has 0 atom stereocenters. The highest BCUT2D eigenvalue weighted by Crippen LogP contribution is 2.22. The highest BCUT2D eigenvalue weighted by molar-refractivity contribution is 5.15. The number of imidazole rings is 1. The molecule has 0 saturated carbocycles. The van der Waals surface area contributed by atoms with Crippen LogP contribution in [0.3, 0.4) is 0 Å². The van der Waals surface area contributed by atoms with E-state index < -0.39 is 0 Å². The number of hydrogen-bond donors (Lipinski definition) is 0. The maximum Gasteiger partial charge on any atom is 0.142 e. The van der Waals surface area contributed by atoms with Gasteiger partial charge in [-0.1, -0.05) is 88.2 Å². The van der Waals surface area contributed by atoms with Crippen LogP contribution in [-0.4, -0.2) is 34.3 Å². The number of hydrogen-bond acceptors (Lipinski definition) is 5. The molecule has 0 aromatic carbocycles. The minimum atomic E-state index is 0.0846. The van der Waals surface area contributed by atoms with E-state index in [2.05, 4.69) is 122 Å². The van der Waals surface area contributed by atoms with Gasteiger partial charge in [-0.25, -0.2) is 4.98 Å². The van der Waals surface area contributed by atoms with Gasteiger partial charge >= 0.3 is 0 Å².